The van der Waals surface area contributed by atoms with Crippen LogP contribution in [0.2, 0.25) is 0 Å². The van der Waals surface area contributed by atoms with Gasteiger partial charge >= 0.3 is 12.2 Å². The second kappa shape index (κ2) is 15.7. The summed E-state index contributed by atoms with van der Waals surface area (Å²) in [5, 5.41) is 7.27. The number of nitrogens with one attached hydrogen (secondary N) is 4. The third kappa shape index (κ3) is 7.37. The number of benzene rings is 2. The summed E-state index contributed by atoms with van der Waals surface area (Å²) in [6, 6.07) is 10.7. The van der Waals surface area contributed by atoms with Gasteiger partial charge in [0.25, 0.3) is 5.91 Å². The van der Waals surface area contributed by atoms with Crippen LogP contribution in [-0.4, -0.2) is 92.6 Å². The van der Waals surface area contributed by atoms with Crippen molar-refractivity contribution in [1.82, 2.24) is 40.4 Å². The molecule has 0 radical (unpaired) electrons. The number of methoxy groups -OCH3 is 2. The number of ether oxygens (including phenoxy) is 2. The summed E-state index contributed by atoms with van der Waals surface area (Å²) in [5.41, 5.74) is 3.59. The Morgan fingerprint density at radius 3 is 2.33 bits per heavy atom. The molecule has 4 amide bonds. The third-order valence-corrected chi connectivity index (χ3v) is 11.6. The lowest BCUT2D eigenvalue weighted by Crippen LogP contribution is -2.50. The number of imidazole rings is 2. The number of carbonyl (C=O) groups excluding carboxylic acids is 4. The van der Waals surface area contributed by atoms with Crippen molar-refractivity contribution in [2.75, 3.05) is 20.8 Å². The van der Waals surface area contributed by atoms with E-state index < -0.39 is 30.2 Å². The molecule has 14 nitrogen and oxygen atoms in total. The summed E-state index contributed by atoms with van der Waals surface area (Å²) in [5.74, 6) is 3.35. The van der Waals surface area contributed by atoms with Crippen molar-refractivity contribution >= 4 is 55.5 Å². The monoisotopic (exact) mass is 762 g/mol. The lowest BCUT2D eigenvalue weighted by atomic mass is 9.97. The summed E-state index contributed by atoms with van der Waals surface area (Å²) >= 11 is 1.69. The number of aromatic nitrogens is 4. The van der Waals surface area contributed by atoms with E-state index in [1.54, 1.807) is 30.5 Å². The van der Waals surface area contributed by atoms with Crippen molar-refractivity contribution in [2.24, 2.45) is 5.92 Å². The molecule has 1 aliphatic heterocycles. The van der Waals surface area contributed by atoms with Crippen molar-refractivity contribution in [2.45, 2.75) is 63.3 Å². The molecule has 0 unspecified atom stereocenters. The highest BCUT2D eigenvalue weighted by atomic mass is 32.1. The number of H-pyrrole nitrogens is 2. The molecule has 0 spiro atoms. The molecule has 4 N–H and O–H groups in total. The number of carbonyl (C=O) groups is 4. The standard InChI is InChI=1S/C40H42N8O6S/c1-6-8-15-47(38(50)29(7-2)46-40(52)54-5)21-34-41-19-30(44-34)23-10-13-27-28-14-11-24(18-33(28)55-32(27)17-23)31-20-42-36(45-31)35-25-9-12-26(16-25)48(35)37(49)22(3)43-39(51)53-4/h2,6,10-11,13-14,17-20,22,25-26,29,35H,1,8-9,12,15-16,21H2,3-5H3,(H,41,44)(H,42,45)(H,43,51)(H,46,52)/t22-,25-,26+,29-,35-/m0/s1. The van der Waals surface area contributed by atoms with E-state index in [-0.39, 0.29) is 24.5 Å². The molecular weight excluding hydrogens is 721 g/mol. The molecule has 284 valence electrons. The molecule has 5 atom stereocenters. The van der Waals surface area contributed by atoms with Crippen molar-refractivity contribution in [3.05, 3.63) is 73.1 Å². The number of aromatic amines is 2. The van der Waals surface area contributed by atoms with Gasteiger partial charge in [0, 0.05) is 43.9 Å². The molecule has 2 aromatic carbocycles. The van der Waals surface area contributed by atoms with Gasteiger partial charge in [0.2, 0.25) is 5.91 Å². The van der Waals surface area contributed by atoms with Gasteiger partial charge in [0.15, 0.2) is 6.04 Å². The van der Waals surface area contributed by atoms with Crippen LogP contribution in [0.4, 0.5) is 9.59 Å². The zero-order valence-electron chi connectivity index (χ0n) is 30.8. The fourth-order valence-corrected chi connectivity index (χ4v) is 8.93. The van der Waals surface area contributed by atoms with E-state index in [0.29, 0.717) is 24.7 Å². The summed E-state index contributed by atoms with van der Waals surface area (Å²) in [7, 11) is 2.48. The molecule has 4 heterocycles. The zero-order valence-corrected chi connectivity index (χ0v) is 31.6. The van der Waals surface area contributed by atoms with Crippen LogP contribution in [0.15, 0.2) is 61.4 Å². The van der Waals surface area contributed by atoms with Crippen molar-refractivity contribution in [3.63, 3.8) is 0 Å². The lowest BCUT2D eigenvalue weighted by molar-refractivity contribution is -0.137. The number of hydrogen-bond donors (Lipinski definition) is 4. The van der Waals surface area contributed by atoms with Gasteiger partial charge in [-0.2, -0.15) is 0 Å². The maximum Gasteiger partial charge on any atom is 0.408 e. The number of amides is 4. The van der Waals surface area contributed by atoms with Gasteiger partial charge in [-0.15, -0.1) is 24.3 Å². The zero-order chi connectivity index (χ0) is 38.8. The minimum absolute atomic E-state index is 0.121. The van der Waals surface area contributed by atoms with Crippen LogP contribution < -0.4 is 10.6 Å². The first kappa shape index (κ1) is 37.2. The van der Waals surface area contributed by atoms with Crippen LogP contribution in [-0.2, 0) is 25.6 Å². The molecule has 5 aromatic rings. The Hall–Kier alpha value is -6.14. The molecule has 2 fully saturated rings. The van der Waals surface area contributed by atoms with Crippen LogP contribution in [0.3, 0.4) is 0 Å². The molecule has 3 aromatic heterocycles. The van der Waals surface area contributed by atoms with Gasteiger partial charge in [-0.05, 0) is 50.7 Å². The largest absolute Gasteiger partial charge is 0.453 e. The minimum Gasteiger partial charge on any atom is -0.453 e. The number of alkyl carbamates (subject to hydrolysis) is 2. The summed E-state index contributed by atoms with van der Waals surface area (Å²) in [4.78, 5) is 70.0. The lowest BCUT2D eigenvalue weighted by Gasteiger charge is -2.36. The Labute approximate surface area is 321 Å². The summed E-state index contributed by atoms with van der Waals surface area (Å²) in [6.07, 6.45) is 12.8. The maximum atomic E-state index is 13.5. The van der Waals surface area contributed by atoms with E-state index in [4.69, 9.17) is 16.1 Å². The van der Waals surface area contributed by atoms with E-state index in [1.807, 2.05) is 17.2 Å². The number of piperidine rings is 1. The predicted molar refractivity (Wildman–Crippen MR) is 209 cm³/mol. The predicted octanol–water partition coefficient (Wildman–Crippen LogP) is 5.89. The van der Waals surface area contributed by atoms with Gasteiger partial charge in [0.1, 0.15) is 17.7 Å². The number of likely N-dealkylation sites (tertiary alicyclic amines) is 1. The molecule has 55 heavy (non-hydrogen) atoms. The van der Waals surface area contributed by atoms with Crippen LogP contribution in [0, 0.1) is 18.3 Å². The summed E-state index contributed by atoms with van der Waals surface area (Å²) in [6.45, 7) is 5.93. The molecular formula is C40H42N8O6S. The van der Waals surface area contributed by atoms with Gasteiger partial charge in [-0.1, -0.05) is 36.3 Å². The highest BCUT2D eigenvalue weighted by Crippen LogP contribution is 2.50. The van der Waals surface area contributed by atoms with Crippen LogP contribution in [0.5, 0.6) is 0 Å². The molecule has 7 rings (SSSR count). The number of hydrogen-bond acceptors (Lipinski definition) is 9. The minimum atomic E-state index is -1.19. The smallest absolute Gasteiger partial charge is 0.408 e. The van der Waals surface area contributed by atoms with Crippen LogP contribution in [0.1, 0.15) is 50.3 Å². The third-order valence-electron chi connectivity index (χ3n) is 10.4. The van der Waals surface area contributed by atoms with Gasteiger partial charge in [0.05, 0.1) is 50.6 Å². The quantitative estimate of drug-likeness (QED) is 0.0899. The topological polar surface area (TPSA) is 175 Å². The van der Waals surface area contributed by atoms with E-state index in [9.17, 15) is 19.2 Å². The number of terminal acetylenes is 1. The van der Waals surface area contributed by atoms with Crippen molar-refractivity contribution in [3.8, 4) is 34.9 Å². The summed E-state index contributed by atoms with van der Waals surface area (Å²) < 4.78 is 11.5. The number of thiophene rings is 1. The molecule has 1 saturated carbocycles. The van der Waals surface area contributed by atoms with Gasteiger partial charge in [-0.3, -0.25) is 14.9 Å². The Balaban J connectivity index is 1.09. The van der Waals surface area contributed by atoms with Crippen LogP contribution >= 0.6 is 11.3 Å². The molecule has 15 heteroatoms. The van der Waals surface area contributed by atoms with E-state index in [0.717, 1.165) is 67.8 Å². The fourth-order valence-electron chi connectivity index (χ4n) is 7.74. The first-order chi connectivity index (χ1) is 26.6. The molecule has 2 bridgehead atoms. The molecule has 2 aliphatic rings. The van der Waals surface area contributed by atoms with Crippen molar-refractivity contribution in [1.29, 1.82) is 0 Å². The van der Waals surface area contributed by atoms with E-state index in [1.165, 1.54) is 19.1 Å². The van der Waals surface area contributed by atoms with Crippen molar-refractivity contribution < 1.29 is 28.7 Å². The molecule has 1 saturated heterocycles. The normalized spacial score (nSPS) is 18.4. The van der Waals surface area contributed by atoms with Gasteiger partial charge in [-0.25, -0.2) is 19.6 Å². The first-order valence-electron chi connectivity index (χ1n) is 18.0. The second-order valence-corrected chi connectivity index (χ2v) is 14.9. The average molecular weight is 763 g/mol. The Bertz CT molecular complexity index is 2320. The Morgan fingerprint density at radius 1 is 1.02 bits per heavy atom. The Morgan fingerprint density at radius 2 is 1.67 bits per heavy atom. The number of rotatable bonds is 12. The van der Waals surface area contributed by atoms with E-state index >= 15 is 0 Å². The van der Waals surface area contributed by atoms with E-state index in [2.05, 4.69) is 73.2 Å². The van der Waals surface area contributed by atoms with Crippen LogP contribution in [0.25, 0.3) is 42.7 Å². The number of nitrogens with zero attached hydrogens (tertiary/aromatic N) is 4. The highest BCUT2D eigenvalue weighted by Gasteiger charge is 2.50. The maximum absolute atomic E-state index is 13.5. The fraction of sp³-hybridized carbons (Fsp3) is 0.350. The second-order valence-electron chi connectivity index (χ2n) is 13.8. The number of fused-ring (bicyclic) bond motifs is 5. The average Bonchev–Trinajstić information content (AvgIpc) is 4.05. The highest BCUT2D eigenvalue weighted by molar-refractivity contribution is 7.25. The SMILES string of the molecule is C#C[C@H](NC(=O)OC)C(=O)N(CCC=C)Cc1ncc(-c2ccc3c(c2)sc2cc(-c4cnc([C@@H]5[C@H]6CC[C@H](C6)N5C(=O)[C@H](C)NC(=O)OC)[nH]4)ccc23)[nH]1. The Kier molecular flexibility index (Phi) is 10.6. The molecule has 1 aliphatic carbocycles. The van der Waals surface area contributed by atoms with Gasteiger partial charge < -0.3 is 34.6 Å². The first-order valence-corrected chi connectivity index (χ1v) is 18.9.